The molecule has 0 aliphatic rings. The average Bonchev–Trinajstić information content (AvgIpc) is 2.87. The molecule has 2 N–H and O–H groups in total. The molecule has 0 aliphatic carbocycles. The lowest BCUT2D eigenvalue weighted by atomic mass is 9.75. The van der Waals surface area contributed by atoms with Gasteiger partial charge in [0.25, 0.3) is 0 Å². The van der Waals surface area contributed by atoms with Gasteiger partial charge < -0.3 is 10.3 Å². The molecule has 0 saturated carbocycles. The van der Waals surface area contributed by atoms with Gasteiger partial charge in [-0.15, -0.1) is 0 Å². The van der Waals surface area contributed by atoms with Crippen molar-refractivity contribution in [1.82, 2.24) is 10.1 Å². The molecule has 0 fully saturated rings. The number of hydrogen-bond donors (Lipinski definition) is 1. The summed E-state index contributed by atoms with van der Waals surface area (Å²) in [4.78, 5) is 4.52. The summed E-state index contributed by atoms with van der Waals surface area (Å²) in [7, 11) is 0. The van der Waals surface area contributed by atoms with Gasteiger partial charge in [0, 0.05) is 11.1 Å². The minimum absolute atomic E-state index is 0.387. The van der Waals surface area contributed by atoms with E-state index >= 15 is 0 Å². The summed E-state index contributed by atoms with van der Waals surface area (Å²) >= 11 is 0. The first-order valence-corrected chi connectivity index (χ1v) is 6.98. The molecule has 0 radical (unpaired) electrons. The normalized spacial score (nSPS) is 12.7. The summed E-state index contributed by atoms with van der Waals surface area (Å²) in [6, 6.07) is 8.22. The predicted octanol–water partition coefficient (Wildman–Crippen LogP) is 3.31. The van der Waals surface area contributed by atoms with Crippen LogP contribution in [0, 0.1) is 0 Å². The lowest BCUT2D eigenvalue weighted by Crippen LogP contribution is -2.50. The third kappa shape index (κ3) is 2.61. The van der Waals surface area contributed by atoms with E-state index in [1.54, 1.807) is 0 Å². The van der Waals surface area contributed by atoms with Crippen LogP contribution < -0.4 is 5.73 Å². The highest BCUT2D eigenvalue weighted by atomic mass is 16.5. The van der Waals surface area contributed by atoms with E-state index in [-0.39, 0.29) is 5.41 Å². The molecule has 2 aromatic rings. The molecule has 0 aliphatic heterocycles. The van der Waals surface area contributed by atoms with E-state index in [1.807, 2.05) is 39.8 Å². The Kier molecular flexibility index (Phi) is 3.69. The third-order valence-corrected chi connectivity index (χ3v) is 4.19. The Morgan fingerprint density at radius 2 is 1.70 bits per heavy atom. The summed E-state index contributed by atoms with van der Waals surface area (Å²) in [5.74, 6) is 1.18. The van der Waals surface area contributed by atoms with Crippen LogP contribution >= 0.6 is 0 Å². The molecule has 108 valence electrons. The van der Waals surface area contributed by atoms with Gasteiger partial charge in [-0.25, -0.2) is 0 Å². The fraction of sp³-hybridized carbons (Fsp3) is 0.500. The first-order chi connectivity index (χ1) is 9.25. The van der Waals surface area contributed by atoms with Crippen LogP contribution in [0.2, 0.25) is 0 Å². The minimum atomic E-state index is -0.442. The van der Waals surface area contributed by atoms with E-state index in [1.165, 1.54) is 5.56 Å². The van der Waals surface area contributed by atoms with Crippen LogP contribution in [-0.2, 0) is 11.8 Å². The first kappa shape index (κ1) is 14.7. The number of nitrogens with two attached hydrogens (primary N) is 1. The zero-order chi connectivity index (χ0) is 15.0. The van der Waals surface area contributed by atoms with Crippen molar-refractivity contribution in [1.29, 1.82) is 0 Å². The quantitative estimate of drug-likeness (QED) is 0.928. The number of hydrogen-bond acceptors (Lipinski definition) is 4. The largest absolute Gasteiger partial charge is 0.338 e. The van der Waals surface area contributed by atoms with Gasteiger partial charge in [-0.3, -0.25) is 0 Å². The summed E-state index contributed by atoms with van der Waals surface area (Å²) in [5.41, 5.74) is 7.63. The van der Waals surface area contributed by atoms with Crippen LogP contribution in [0.25, 0.3) is 11.4 Å². The van der Waals surface area contributed by atoms with Crippen molar-refractivity contribution in [2.24, 2.45) is 5.73 Å². The maximum absolute atomic E-state index is 6.20. The number of nitrogens with zero attached hydrogens (tertiary/aromatic N) is 2. The molecule has 0 spiro atoms. The monoisotopic (exact) mass is 273 g/mol. The van der Waals surface area contributed by atoms with Gasteiger partial charge in [0.1, 0.15) is 0 Å². The molecule has 0 bridgehead atoms. The van der Waals surface area contributed by atoms with Crippen LogP contribution in [0.1, 0.15) is 46.1 Å². The molecule has 0 saturated heterocycles. The smallest absolute Gasteiger partial charge is 0.234 e. The second-order valence-electron chi connectivity index (χ2n) is 6.32. The molecule has 0 atom stereocenters. The standard InChI is InChI=1S/C16H23N3O/c1-6-11-7-9-12(10-8-11)13-18-14(20-19-13)15(2,3)16(4,5)17/h7-10H,6,17H2,1-5H3. The van der Waals surface area contributed by atoms with Gasteiger partial charge in [-0.2, -0.15) is 4.98 Å². The predicted molar refractivity (Wildman–Crippen MR) is 80.4 cm³/mol. The fourth-order valence-electron chi connectivity index (χ4n) is 1.76. The van der Waals surface area contributed by atoms with Crippen LogP contribution in [-0.4, -0.2) is 15.7 Å². The highest BCUT2D eigenvalue weighted by molar-refractivity contribution is 5.54. The average molecular weight is 273 g/mol. The van der Waals surface area contributed by atoms with Gasteiger partial charge in [0.15, 0.2) is 0 Å². The number of rotatable bonds is 4. The molecule has 4 nitrogen and oxygen atoms in total. The Bertz CT molecular complexity index is 577. The van der Waals surface area contributed by atoms with E-state index in [0.29, 0.717) is 11.7 Å². The fourth-order valence-corrected chi connectivity index (χ4v) is 1.76. The van der Waals surface area contributed by atoms with Gasteiger partial charge in [-0.1, -0.05) is 36.3 Å². The second-order valence-corrected chi connectivity index (χ2v) is 6.32. The van der Waals surface area contributed by atoms with Gasteiger partial charge in [0.2, 0.25) is 11.7 Å². The second kappa shape index (κ2) is 5.02. The first-order valence-electron chi connectivity index (χ1n) is 6.98. The van der Waals surface area contributed by atoms with Gasteiger partial charge >= 0.3 is 0 Å². The number of aromatic nitrogens is 2. The maximum atomic E-state index is 6.20. The van der Waals surface area contributed by atoms with E-state index in [4.69, 9.17) is 10.3 Å². The molecule has 20 heavy (non-hydrogen) atoms. The summed E-state index contributed by atoms with van der Waals surface area (Å²) in [6.07, 6.45) is 1.02. The van der Waals surface area contributed by atoms with Crippen molar-refractivity contribution in [2.45, 2.75) is 52.0 Å². The number of aryl methyl sites for hydroxylation is 1. The zero-order valence-electron chi connectivity index (χ0n) is 12.9. The van der Waals surface area contributed by atoms with Crippen molar-refractivity contribution in [3.63, 3.8) is 0 Å². The minimum Gasteiger partial charge on any atom is -0.338 e. The maximum Gasteiger partial charge on any atom is 0.234 e. The molecule has 4 heteroatoms. The molecule has 1 heterocycles. The lowest BCUT2D eigenvalue weighted by Gasteiger charge is -2.34. The molecule has 0 unspecified atom stereocenters. The summed E-state index contributed by atoms with van der Waals surface area (Å²) in [6.45, 7) is 10.1. The van der Waals surface area contributed by atoms with Gasteiger partial charge in [-0.05, 0) is 39.7 Å². The topological polar surface area (TPSA) is 64.9 Å². The van der Waals surface area contributed by atoms with E-state index in [9.17, 15) is 0 Å². The van der Waals surface area contributed by atoms with Crippen molar-refractivity contribution in [2.75, 3.05) is 0 Å². The van der Waals surface area contributed by atoms with Crippen LogP contribution in [0.4, 0.5) is 0 Å². The van der Waals surface area contributed by atoms with E-state index < -0.39 is 5.54 Å². The molecular weight excluding hydrogens is 250 g/mol. The SMILES string of the molecule is CCc1ccc(-c2noc(C(C)(C)C(C)(C)N)n2)cc1. The Hall–Kier alpha value is -1.68. The van der Waals surface area contributed by atoms with Crippen molar-refractivity contribution in [3.8, 4) is 11.4 Å². The Labute approximate surface area is 120 Å². The summed E-state index contributed by atoms with van der Waals surface area (Å²) < 4.78 is 5.43. The highest BCUT2D eigenvalue weighted by Crippen LogP contribution is 2.32. The Morgan fingerprint density at radius 1 is 1.10 bits per heavy atom. The van der Waals surface area contributed by atoms with Crippen LogP contribution in [0.15, 0.2) is 28.8 Å². The Morgan fingerprint density at radius 3 is 2.20 bits per heavy atom. The Balaban J connectivity index is 2.33. The van der Waals surface area contributed by atoms with Crippen LogP contribution in [0.3, 0.4) is 0 Å². The van der Waals surface area contributed by atoms with Crippen LogP contribution in [0.5, 0.6) is 0 Å². The van der Waals surface area contributed by atoms with Crippen molar-refractivity contribution < 1.29 is 4.52 Å². The molecular formula is C16H23N3O. The molecule has 0 amide bonds. The molecule has 1 aromatic heterocycles. The molecule has 2 rings (SSSR count). The number of benzene rings is 1. The summed E-state index contributed by atoms with van der Waals surface area (Å²) in [5, 5.41) is 4.08. The van der Waals surface area contributed by atoms with E-state index in [2.05, 4.69) is 29.2 Å². The van der Waals surface area contributed by atoms with Crippen molar-refractivity contribution >= 4 is 0 Å². The highest BCUT2D eigenvalue weighted by Gasteiger charge is 2.40. The third-order valence-electron chi connectivity index (χ3n) is 4.19. The molecule has 1 aromatic carbocycles. The van der Waals surface area contributed by atoms with Gasteiger partial charge in [0.05, 0.1) is 5.41 Å². The lowest BCUT2D eigenvalue weighted by molar-refractivity contribution is 0.223. The zero-order valence-corrected chi connectivity index (χ0v) is 12.9. The van der Waals surface area contributed by atoms with Crippen molar-refractivity contribution in [3.05, 3.63) is 35.7 Å². The van der Waals surface area contributed by atoms with E-state index in [0.717, 1.165) is 12.0 Å².